The minimum absolute atomic E-state index is 0. The van der Waals surface area contributed by atoms with Gasteiger partial charge in [-0.25, -0.2) is 19.2 Å². The molecule has 11 aliphatic rings. The molecule has 0 amide bonds. The van der Waals surface area contributed by atoms with Gasteiger partial charge in [-0.2, -0.15) is 0 Å². The quantitative estimate of drug-likeness (QED) is 0.0836. The first-order valence-electron chi connectivity index (χ1n) is 29.6. The molecule has 0 N–H and O–H groups in total. The van der Waals surface area contributed by atoms with Gasteiger partial charge in [0, 0.05) is 40.0 Å². The topological polar surface area (TPSA) is 176 Å². The van der Waals surface area contributed by atoms with Crippen LogP contribution in [0.5, 0.6) is 5.75 Å². The molecule has 7 saturated carbocycles. The summed E-state index contributed by atoms with van der Waals surface area (Å²) < 4.78 is 43.8. The van der Waals surface area contributed by atoms with E-state index in [0.29, 0.717) is 46.5 Å². The van der Waals surface area contributed by atoms with Gasteiger partial charge in [-0.05, 0) is 186 Å². The Morgan fingerprint density at radius 3 is 1.78 bits per heavy atom. The van der Waals surface area contributed by atoms with Crippen LogP contribution >= 0.6 is 0 Å². The molecule has 1 aromatic rings. The van der Waals surface area contributed by atoms with E-state index in [2.05, 4.69) is 39.8 Å². The fraction of sp³-hybridized carbons (Fsp3) is 0.672. The Labute approximate surface area is 482 Å². The average Bonchev–Trinajstić information content (AvgIpc) is 3.27. The Balaban J connectivity index is 0.000000147. The Kier molecular flexibility index (Phi) is 19.6. The summed E-state index contributed by atoms with van der Waals surface area (Å²) in [5, 5.41) is 0. The smallest absolute Gasteiger partial charge is 0.333 e. The molecular formula is C67H94O14. The van der Waals surface area contributed by atoms with Crippen LogP contribution in [-0.2, 0) is 61.9 Å². The summed E-state index contributed by atoms with van der Waals surface area (Å²) in [6.45, 7) is 37.1. The van der Waals surface area contributed by atoms with Crippen LogP contribution in [-0.4, -0.2) is 89.2 Å². The van der Waals surface area contributed by atoms with Crippen LogP contribution in [0.2, 0.25) is 0 Å². The van der Waals surface area contributed by atoms with E-state index in [1.54, 1.807) is 27.7 Å². The van der Waals surface area contributed by atoms with E-state index in [1.807, 2.05) is 65.0 Å². The van der Waals surface area contributed by atoms with Crippen molar-refractivity contribution in [3.63, 3.8) is 0 Å². The van der Waals surface area contributed by atoms with Crippen molar-refractivity contribution in [2.75, 3.05) is 0 Å². The molecule has 0 spiro atoms. The second-order valence-electron chi connectivity index (χ2n) is 26.6. The summed E-state index contributed by atoms with van der Waals surface area (Å²) in [7, 11) is 0. The van der Waals surface area contributed by atoms with Gasteiger partial charge in [0.05, 0.1) is 17.9 Å². The highest BCUT2D eigenvalue weighted by Crippen LogP contribution is 2.71. The molecule has 7 aliphatic carbocycles. The van der Waals surface area contributed by atoms with E-state index in [1.165, 1.54) is 57.8 Å². The monoisotopic (exact) mass is 1120 g/mol. The van der Waals surface area contributed by atoms with E-state index < -0.39 is 18.2 Å². The van der Waals surface area contributed by atoms with Crippen LogP contribution in [0.4, 0.5) is 0 Å². The number of rotatable bonds is 12. The van der Waals surface area contributed by atoms with Crippen LogP contribution in [0.3, 0.4) is 0 Å². The van der Waals surface area contributed by atoms with E-state index in [9.17, 15) is 28.8 Å². The van der Waals surface area contributed by atoms with Crippen molar-refractivity contribution in [2.45, 2.75) is 220 Å². The van der Waals surface area contributed by atoms with Crippen molar-refractivity contribution in [1.82, 2.24) is 0 Å². The maximum Gasteiger partial charge on any atom is 0.333 e. The van der Waals surface area contributed by atoms with E-state index in [-0.39, 0.29) is 96.2 Å². The Morgan fingerprint density at radius 2 is 1.21 bits per heavy atom. The molecule has 14 heteroatoms. The SMILES string of the molecule is C.C=C(C)C(=O)OC(C)(C)C1CCCCC1.C=C(C)C(=O)OC1(CC)CC2CC1C1C3CCC(C3)C21.C=C(C)C(=O)OC1C2CC3C(=O)OC1C3C2.C=C(C)C(=O)OC1C2CC3C(=O)OC1C3O2.C=Cc1ccc(OC(C)(C)C)cc1. The van der Waals surface area contributed by atoms with Crippen LogP contribution in [0.25, 0.3) is 6.08 Å². The third-order valence-corrected chi connectivity index (χ3v) is 19.4. The molecule has 0 aromatic heterocycles. The van der Waals surface area contributed by atoms with Gasteiger partial charge in [0.15, 0.2) is 12.2 Å². The standard InChI is InChI=1S/C18H26O2.C13H22O2.C12H14O4.C12H16O.C11H12O5.CH4/c1-4-18(20-17(19)10(2)3)9-13-8-14(18)16-12-6-5-11(7-12)15(13)16;1-10(2)12(14)15-13(3,4)11-8-6-5-7-9-11;1-5(2)11(13)15-9-6-3-7-8(4-6)12(14)16-10(7)9;1-5-10-6-8-11(9-7-10)13-12(2,3)4;1-4(2)10(12)15-8-6-3-5-7(14-6)9(8)16-11(5)13;/h11-16H,2,4-9H2,1,3H3;11H,1,5-9H2,2-4H3;6-10H,1,3-4H2,2H3;5-9H,1H2,2-4H3;5-9H,1,3H2,2H3;1H4. The highest BCUT2D eigenvalue weighted by Gasteiger charge is 2.68. The lowest BCUT2D eigenvalue weighted by Crippen LogP contribution is -2.47. The van der Waals surface area contributed by atoms with Crippen LogP contribution < -0.4 is 4.74 Å². The largest absolute Gasteiger partial charge is 0.488 e. The molecule has 446 valence electrons. The lowest BCUT2D eigenvalue weighted by molar-refractivity contribution is -0.167. The van der Waals surface area contributed by atoms with Gasteiger partial charge in [0.2, 0.25) is 0 Å². The van der Waals surface area contributed by atoms with Crippen LogP contribution in [0.15, 0.2) is 79.5 Å². The zero-order chi connectivity index (χ0) is 58.3. The number of hydrogen-bond acceptors (Lipinski definition) is 14. The molecule has 11 fully saturated rings. The molecule has 12 rings (SSSR count). The third kappa shape index (κ3) is 13.5. The molecule has 17 unspecified atom stereocenters. The molecule has 4 saturated heterocycles. The molecule has 17 atom stereocenters. The molecule has 0 radical (unpaired) electrons. The Hall–Kier alpha value is -5.50. The first-order chi connectivity index (χ1) is 37.6. The molecular weight excluding hydrogens is 1030 g/mol. The van der Waals surface area contributed by atoms with Crippen LogP contribution in [0.1, 0.15) is 172 Å². The van der Waals surface area contributed by atoms with Gasteiger partial charge >= 0.3 is 35.8 Å². The lowest BCUT2D eigenvalue weighted by Gasteiger charge is -2.45. The maximum absolute atomic E-state index is 12.1. The van der Waals surface area contributed by atoms with E-state index in [4.69, 9.17) is 37.9 Å². The summed E-state index contributed by atoms with van der Waals surface area (Å²) in [6, 6.07) is 7.91. The molecule has 4 aliphatic heterocycles. The highest BCUT2D eigenvalue weighted by molar-refractivity contribution is 5.89. The fourth-order valence-corrected chi connectivity index (χ4v) is 15.7. The van der Waals surface area contributed by atoms with Crippen molar-refractivity contribution in [3.8, 4) is 5.75 Å². The van der Waals surface area contributed by atoms with E-state index >= 15 is 0 Å². The Morgan fingerprint density at radius 1 is 0.642 bits per heavy atom. The molecule has 4 heterocycles. The minimum atomic E-state index is -0.461. The summed E-state index contributed by atoms with van der Waals surface area (Å²) in [5.74, 6) is 5.56. The fourth-order valence-electron chi connectivity index (χ4n) is 15.7. The van der Waals surface area contributed by atoms with Gasteiger partial charge in [-0.3, -0.25) is 9.59 Å². The number of fused-ring (bicyclic) bond motifs is 11. The number of ether oxygens (including phenoxy) is 8. The normalized spacial score (nSPS) is 35.0. The van der Waals surface area contributed by atoms with Crippen molar-refractivity contribution in [1.29, 1.82) is 0 Å². The molecule has 81 heavy (non-hydrogen) atoms. The van der Waals surface area contributed by atoms with E-state index in [0.717, 1.165) is 66.6 Å². The first-order valence-corrected chi connectivity index (χ1v) is 29.6. The summed E-state index contributed by atoms with van der Waals surface area (Å²) in [5.41, 5.74) is 2.25. The Bertz CT molecular complexity index is 2510. The van der Waals surface area contributed by atoms with Crippen molar-refractivity contribution < 1.29 is 66.7 Å². The zero-order valence-electron chi connectivity index (χ0n) is 49.4. The lowest BCUT2D eigenvalue weighted by atomic mass is 9.65. The number of benzene rings is 1. The van der Waals surface area contributed by atoms with Crippen molar-refractivity contribution in [3.05, 3.63) is 85.0 Å². The molecule has 14 nitrogen and oxygen atoms in total. The summed E-state index contributed by atoms with van der Waals surface area (Å²) >= 11 is 0. The van der Waals surface area contributed by atoms with Gasteiger partial charge < -0.3 is 37.9 Å². The average molecular weight is 1120 g/mol. The highest BCUT2D eigenvalue weighted by atomic mass is 16.7. The third-order valence-electron chi connectivity index (χ3n) is 19.4. The molecule has 8 bridgehead atoms. The minimum Gasteiger partial charge on any atom is -0.488 e. The number of carbonyl (C=O) groups excluding carboxylic acids is 6. The summed E-state index contributed by atoms with van der Waals surface area (Å²) in [4.78, 5) is 69.3. The first kappa shape index (κ1) is 63.1. The van der Waals surface area contributed by atoms with Crippen LogP contribution in [0, 0.1) is 65.1 Å². The predicted octanol–water partition coefficient (Wildman–Crippen LogP) is 12.8. The van der Waals surface area contributed by atoms with Gasteiger partial charge in [-0.1, -0.05) is 84.7 Å². The second-order valence-corrected chi connectivity index (χ2v) is 26.6. The van der Waals surface area contributed by atoms with Crippen molar-refractivity contribution >= 4 is 41.9 Å². The number of esters is 6. The maximum atomic E-state index is 12.1. The van der Waals surface area contributed by atoms with Gasteiger partial charge in [0.1, 0.15) is 40.9 Å². The predicted molar refractivity (Wildman–Crippen MR) is 309 cm³/mol. The second kappa shape index (κ2) is 25.2. The van der Waals surface area contributed by atoms with Gasteiger partial charge in [-0.15, -0.1) is 0 Å². The number of carbonyl (C=O) groups is 6. The zero-order valence-corrected chi connectivity index (χ0v) is 49.4. The summed E-state index contributed by atoms with van der Waals surface area (Å²) in [6.07, 6.45) is 16.4. The van der Waals surface area contributed by atoms with Crippen molar-refractivity contribution in [2.24, 2.45) is 65.1 Å². The van der Waals surface area contributed by atoms with Gasteiger partial charge in [0.25, 0.3) is 0 Å². The molecule has 1 aromatic carbocycles. The number of hydrogen-bond donors (Lipinski definition) is 0.